The van der Waals surface area contributed by atoms with E-state index < -0.39 is 6.23 Å². The minimum absolute atomic E-state index is 0.0614. The number of hydrogen-bond donors (Lipinski definition) is 2. The number of nitrogens with two attached hydrogens (primary N) is 1. The van der Waals surface area contributed by atoms with Gasteiger partial charge in [0.2, 0.25) is 0 Å². The minimum Gasteiger partial charge on any atom is -0.394 e. The van der Waals surface area contributed by atoms with Gasteiger partial charge in [-0.15, -0.1) is 0 Å². The zero-order valence-corrected chi connectivity index (χ0v) is 9.15. The van der Waals surface area contributed by atoms with Crippen molar-refractivity contribution in [3.05, 3.63) is 25.3 Å². The fourth-order valence-electron chi connectivity index (χ4n) is 1.49. The molecule has 90 valence electrons. The molecular formula is C10H13N5O2. The molecule has 0 radical (unpaired) electrons. The number of nitrogen functional groups attached to an aromatic ring is 1. The van der Waals surface area contributed by atoms with E-state index in [1.165, 1.54) is 6.33 Å². The van der Waals surface area contributed by atoms with E-state index in [0.29, 0.717) is 17.0 Å². The van der Waals surface area contributed by atoms with E-state index in [-0.39, 0.29) is 13.2 Å². The van der Waals surface area contributed by atoms with Gasteiger partial charge < -0.3 is 15.6 Å². The third kappa shape index (κ3) is 2.10. The average molecular weight is 235 g/mol. The van der Waals surface area contributed by atoms with Crippen molar-refractivity contribution in [1.29, 1.82) is 0 Å². The predicted molar refractivity (Wildman–Crippen MR) is 62.0 cm³/mol. The van der Waals surface area contributed by atoms with E-state index in [0.717, 1.165) is 0 Å². The Bertz CT molecular complexity index is 524. The van der Waals surface area contributed by atoms with E-state index in [9.17, 15) is 0 Å². The molecule has 0 aliphatic carbocycles. The molecule has 7 nitrogen and oxygen atoms in total. The van der Waals surface area contributed by atoms with Crippen molar-refractivity contribution in [1.82, 2.24) is 19.5 Å². The second-order valence-electron chi connectivity index (χ2n) is 3.30. The van der Waals surface area contributed by atoms with Crippen LogP contribution >= 0.6 is 0 Å². The lowest BCUT2D eigenvalue weighted by atomic mass is 10.4. The van der Waals surface area contributed by atoms with Crippen LogP contribution in [0.1, 0.15) is 6.23 Å². The normalized spacial score (nSPS) is 12.8. The monoisotopic (exact) mass is 235 g/mol. The Labute approximate surface area is 97.6 Å². The van der Waals surface area contributed by atoms with Crippen LogP contribution in [-0.4, -0.2) is 37.8 Å². The molecule has 0 aliphatic heterocycles. The first kappa shape index (κ1) is 11.5. The number of imidazole rings is 1. The van der Waals surface area contributed by atoms with Gasteiger partial charge in [-0.3, -0.25) is 4.57 Å². The molecule has 17 heavy (non-hydrogen) atoms. The van der Waals surface area contributed by atoms with Gasteiger partial charge in [0.15, 0.2) is 17.7 Å². The van der Waals surface area contributed by atoms with E-state index in [4.69, 9.17) is 15.6 Å². The summed E-state index contributed by atoms with van der Waals surface area (Å²) < 4.78 is 7.06. The topological polar surface area (TPSA) is 99.1 Å². The third-order valence-corrected chi connectivity index (χ3v) is 2.24. The summed E-state index contributed by atoms with van der Waals surface area (Å²) in [4.78, 5) is 12.1. The predicted octanol–water partition coefficient (Wildman–Crippen LogP) is 0.102. The number of anilines is 1. The number of aromatic nitrogens is 4. The number of aliphatic hydroxyl groups is 1. The maximum atomic E-state index is 8.74. The summed E-state index contributed by atoms with van der Waals surface area (Å²) in [6.45, 7) is 3.81. The molecule has 0 spiro atoms. The first-order chi connectivity index (χ1) is 8.27. The zero-order valence-electron chi connectivity index (χ0n) is 9.15. The van der Waals surface area contributed by atoms with Crippen molar-refractivity contribution < 1.29 is 9.84 Å². The smallest absolute Gasteiger partial charge is 0.167 e. The van der Waals surface area contributed by atoms with Gasteiger partial charge in [-0.05, 0) is 6.08 Å². The molecule has 2 heterocycles. The largest absolute Gasteiger partial charge is 0.394 e. The van der Waals surface area contributed by atoms with Gasteiger partial charge in [-0.2, -0.15) is 0 Å². The molecule has 2 aromatic rings. The molecule has 0 fully saturated rings. The molecule has 0 amide bonds. The molecular weight excluding hydrogens is 222 g/mol. The maximum absolute atomic E-state index is 8.74. The molecule has 1 unspecified atom stereocenters. The summed E-state index contributed by atoms with van der Waals surface area (Å²) in [5.41, 5.74) is 6.77. The summed E-state index contributed by atoms with van der Waals surface area (Å²) in [7, 11) is 0. The number of ether oxygens (including phenoxy) is 1. The van der Waals surface area contributed by atoms with Gasteiger partial charge in [0.1, 0.15) is 11.8 Å². The van der Waals surface area contributed by atoms with Gasteiger partial charge in [0.25, 0.3) is 0 Å². The fraction of sp³-hybridized carbons (Fsp3) is 0.300. The summed E-state index contributed by atoms with van der Waals surface area (Å²) in [5, 5.41) is 8.74. The second kappa shape index (κ2) is 4.89. The average Bonchev–Trinajstić information content (AvgIpc) is 2.76. The highest BCUT2D eigenvalue weighted by Crippen LogP contribution is 2.19. The van der Waals surface area contributed by atoms with Crippen LogP contribution in [0, 0.1) is 0 Å². The van der Waals surface area contributed by atoms with Crippen molar-refractivity contribution in [3.63, 3.8) is 0 Å². The third-order valence-electron chi connectivity index (χ3n) is 2.24. The first-order valence-electron chi connectivity index (χ1n) is 5.06. The summed E-state index contributed by atoms with van der Waals surface area (Å²) in [6, 6.07) is 0. The molecule has 1 atom stereocenters. The zero-order chi connectivity index (χ0) is 12.3. The van der Waals surface area contributed by atoms with Crippen LogP contribution in [0.3, 0.4) is 0 Å². The lowest BCUT2D eigenvalue weighted by molar-refractivity contribution is 0.0175. The van der Waals surface area contributed by atoms with E-state index in [1.54, 1.807) is 17.0 Å². The molecule has 2 aromatic heterocycles. The van der Waals surface area contributed by atoms with Crippen LogP contribution in [0.15, 0.2) is 25.3 Å². The Hall–Kier alpha value is -1.99. The summed E-state index contributed by atoms with van der Waals surface area (Å²) in [5.74, 6) is 0.318. The standard InChI is InChI=1S/C10H13N5O2/c1-2-7(17-4-3-16)15-6-14-8-9(11)12-5-13-10(8)15/h2,5-7,16H,1,3-4H2,(H2,11,12,13). The van der Waals surface area contributed by atoms with Gasteiger partial charge in [0, 0.05) is 0 Å². The Morgan fingerprint density at radius 1 is 1.53 bits per heavy atom. The minimum atomic E-state index is -0.443. The van der Waals surface area contributed by atoms with Gasteiger partial charge in [-0.25, -0.2) is 15.0 Å². The van der Waals surface area contributed by atoms with Crippen LogP contribution < -0.4 is 5.73 Å². The van der Waals surface area contributed by atoms with Crippen molar-refractivity contribution in [2.24, 2.45) is 0 Å². The van der Waals surface area contributed by atoms with Crippen molar-refractivity contribution >= 4 is 17.0 Å². The molecule has 0 aliphatic rings. The van der Waals surface area contributed by atoms with Crippen molar-refractivity contribution in [2.75, 3.05) is 18.9 Å². The Morgan fingerprint density at radius 3 is 3.06 bits per heavy atom. The number of rotatable bonds is 5. The molecule has 0 saturated carbocycles. The van der Waals surface area contributed by atoms with Crippen LogP contribution in [-0.2, 0) is 4.74 Å². The van der Waals surface area contributed by atoms with Crippen molar-refractivity contribution in [3.8, 4) is 0 Å². The highest BCUT2D eigenvalue weighted by atomic mass is 16.5. The summed E-state index contributed by atoms with van der Waals surface area (Å²) >= 11 is 0. The van der Waals surface area contributed by atoms with Gasteiger partial charge in [-0.1, -0.05) is 6.58 Å². The van der Waals surface area contributed by atoms with Crippen LogP contribution in [0.5, 0.6) is 0 Å². The first-order valence-corrected chi connectivity index (χ1v) is 5.06. The Kier molecular flexibility index (Phi) is 3.31. The highest BCUT2D eigenvalue weighted by molar-refractivity contribution is 5.81. The quantitative estimate of drug-likeness (QED) is 0.713. The van der Waals surface area contributed by atoms with Crippen LogP contribution in [0.2, 0.25) is 0 Å². The number of fused-ring (bicyclic) bond motifs is 1. The van der Waals surface area contributed by atoms with Crippen LogP contribution in [0.25, 0.3) is 11.2 Å². The molecule has 0 saturated heterocycles. The molecule has 3 N–H and O–H groups in total. The number of aliphatic hydroxyl groups excluding tert-OH is 1. The lowest BCUT2D eigenvalue weighted by Crippen LogP contribution is -2.12. The SMILES string of the molecule is C=CC(OCCO)n1cnc2c(N)ncnc21. The van der Waals surface area contributed by atoms with E-state index in [1.807, 2.05) is 0 Å². The highest BCUT2D eigenvalue weighted by Gasteiger charge is 2.13. The molecule has 2 rings (SSSR count). The van der Waals surface area contributed by atoms with Gasteiger partial charge >= 0.3 is 0 Å². The van der Waals surface area contributed by atoms with Crippen LogP contribution in [0.4, 0.5) is 5.82 Å². The Morgan fingerprint density at radius 2 is 2.35 bits per heavy atom. The van der Waals surface area contributed by atoms with Gasteiger partial charge in [0.05, 0.1) is 19.5 Å². The van der Waals surface area contributed by atoms with Crippen molar-refractivity contribution in [2.45, 2.75) is 6.23 Å². The fourth-order valence-corrected chi connectivity index (χ4v) is 1.49. The molecule has 7 heteroatoms. The summed E-state index contributed by atoms with van der Waals surface area (Å²) in [6.07, 6.45) is 4.07. The Balaban J connectivity index is 2.40. The maximum Gasteiger partial charge on any atom is 0.167 e. The van der Waals surface area contributed by atoms with E-state index in [2.05, 4.69) is 21.5 Å². The second-order valence-corrected chi connectivity index (χ2v) is 3.30. The van der Waals surface area contributed by atoms with E-state index >= 15 is 0 Å². The lowest BCUT2D eigenvalue weighted by Gasteiger charge is -2.14. The molecule has 0 aromatic carbocycles. The number of nitrogens with zero attached hydrogens (tertiary/aromatic N) is 4. The number of hydrogen-bond acceptors (Lipinski definition) is 6. The molecule has 0 bridgehead atoms.